The van der Waals surface area contributed by atoms with E-state index >= 15 is 0 Å². The number of nitrogen functional groups attached to an aromatic ring is 1. The van der Waals surface area contributed by atoms with E-state index < -0.39 is 11.8 Å². The second kappa shape index (κ2) is 5.87. The van der Waals surface area contributed by atoms with Crippen LogP contribution < -0.4 is 10.5 Å². The number of carbonyl (C=O) groups excluding carboxylic acids is 1. The number of methoxy groups -OCH3 is 1. The lowest BCUT2D eigenvalue weighted by molar-refractivity contribution is 0.0532. The first-order chi connectivity index (χ1) is 9.56. The Bertz CT molecular complexity index is 643. The summed E-state index contributed by atoms with van der Waals surface area (Å²) in [5.41, 5.74) is 6.38. The number of aromatic nitrogens is 1. The van der Waals surface area contributed by atoms with Crippen molar-refractivity contribution in [3.8, 4) is 17.0 Å². The van der Waals surface area contributed by atoms with E-state index in [0.717, 1.165) is 11.3 Å². The molecule has 2 rings (SSSR count). The Morgan fingerprint density at radius 2 is 2.25 bits per heavy atom. The first kappa shape index (κ1) is 14.3. The van der Waals surface area contributed by atoms with Gasteiger partial charge in [-0.2, -0.15) is 0 Å². The van der Waals surface area contributed by atoms with Gasteiger partial charge in [0.1, 0.15) is 4.88 Å². The molecule has 5 nitrogen and oxygen atoms in total. The maximum Gasteiger partial charge on any atom is 0.350 e. The number of nitrogens with zero attached hydrogens (tertiary/aromatic N) is 1. The van der Waals surface area contributed by atoms with Gasteiger partial charge in [0.25, 0.3) is 0 Å². The van der Waals surface area contributed by atoms with Crippen LogP contribution in [0.5, 0.6) is 5.75 Å². The standard InChI is InChI=1S/C13H13FN2O3S/c1-3-19-12(17)11-10(16-13(15)20-11)7-4-5-9(18-2)8(14)6-7/h4-6H,3H2,1-2H3,(H2,15,16). The van der Waals surface area contributed by atoms with Gasteiger partial charge in [0.15, 0.2) is 16.7 Å². The molecule has 0 saturated heterocycles. The molecule has 0 atom stereocenters. The molecule has 0 spiro atoms. The van der Waals surface area contributed by atoms with Crippen molar-refractivity contribution >= 4 is 22.4 Å². The highest BCUT2D eigenvalue weighted by molar-refractivity contribution is 7.17. The molecule has 2 aromatic rings. The average Bonchev–Trinajstić information content (AvgIpc) is 2.81. The smallest absolute Gasteiger partial charge is 0.350 e. The minimum Gasteiger partial charge on any atom is -0.494 e. The fourth-order valence-electron chi connectivity index (χ4n) is 1.68. The van der Waals surface area contributed by atoms with Gasteiger partial charge in [0, 0.05) is 5.56 Å². The first-order valence-corrected chi connectivity index (χ1v) is 6.65. The summed E-state index contributed by atoms with van der Waals surface area (Å²) in [7, 11) is 1.38. The zero-order valence-corrected chi connectivity index (χ0v) is 11.8. The predicted molar refractivity (Wildman–Crippen MR) is 74.4 cm³/mol. The first-order valence-electron chi connectivity index (χ1n) is 5.84. The van der Waals surface area contributed by atoms with Crippen molar-refractivity contribution in [1.82, 2.24) is 4.98 Å². The largest absolute Gasteiger partial charge is 0.494 e. The van der Waals surface area contributed by atoms with Crippen LogP contribution in [0.4, 0.5) is 9.52 Å². The van der Waals surface area contributed by atoms with E-state index in [1.54, 1.807) is 13.0 Å². The maximum atomic E-state index is 13.7. The minimum atomic E-state index is -0.536. The quantitative estimate of drug-likeness (QED) is 0.878. The van der Waals surface area contributed by atoms with Crippen LogP contribution in [0.2, 0.25) is 0 Å². The van der Waals surface area contributed by atoms with Crippen LogP contribution in [0.1, 0.15) is 16.6 Å². The minimum absolute atomic E-state index is 0.120. The molecular formula is C13H13FN2O3S. The second-order valence-electron chi connectivity index (χ2n) is 3.80. The van der Waals surface area contributed by atoms with Crippen LogP contribution in [0.25, 0.3) is 11.3 Å². The van der Waals surface area contributed by atoms with Crippen molar-refractivity contribution < 1.29 is 18.7 Å². The summed E-state index contributed by atoms with van der Waals surface area (Å²) in [5.74, 6) is -0.936. The number of carbonyl (C=O) groups is 1. The van der Waals surface area contributed by atoms with E-state index in [0.29, 0.717) is 11.3 Å². The summed E-state index contributed by atoms with van der Waals surface area (Å²) in [6.07, 6.45) is 0. The van der Waals surface area contributed by atoms with Gasteiger partial charge in [0.2, 0.25) is 0 Å². The van der Waals surface area contributed by atoms with Gasteiger partial charge in [-0.15, -0.1) is 0 Å². The Balaban J connectivity index is 2.47. The zero-order chi connectivity index (χ0) is 14.7. The molecular weight excluding hydrogens is 283 g/mol. The van der Waals surface area contributed by atoms with Crippen molar-refractivity contribution in [3.05, 3.63) is 28.9 Å². The fourth-order valence-corrected chi connectivity index (χ4v) is 2.43. The Labute approximate surface area is 119 Å². The Kier molecular flexibility index (Phi) is 4.19. The third kappa shape index (κ3) is 2.72. The molecule has 106 valence electrons. The van der Waals surface area contributed by atoms with E-state index in [-0.39, 0.29) is 22.4 Å². The summed E-state index contributed by atoms with van der Waals surface area (Å²) in [6.45, 7) is 1.95. The number of ether oxygens (including phenoxy) is 2. The number of halogens is 1. The number of thiazole rings is 1. The highest BCUT2D eigenvalue weighted by Crippen LogP contribution is 2.32. The van der Waals surface area contributed by atoms with Crippen LogP contribution in [-0.2, 0) is 4.74 Å². The molecule has 0 unspecified atom stereocenters. The highest BCUT2D eigenvalue weighted by atomic mass is 32.1. The van der Waals surface area contributed by atoms with Crippen molar-refractivity contribution in [2.45, 2.75) is 6.92 Å². The van der Waals surface area contributed by atoms with E-state index in [2.05, 4.69) is 4.98 Å². The normalized spacial score (nSPS) is 10.3. The summed E-state index contributed by atoms with van der Waals surface area (Å²) < 4.78 is 23.5. The van der Waals surface area contributed by atoms with E-state index in [1.165, 1.54) is 19.2 Å². The van der Waals surface area contributed by atoms with Gasteiger partial charge < -0.3 is 15.2 Å². The third-order valence-electron chi connectivity index (χ3n) is 2.53. The van der Waals surface area contributed by atoms with Crippen molar-refractivity contribution in [1.29, 1.82) is 0 Å². The molecule has 1 aromatic heterocycles. The summed E-state index contributed by atoms with van der Waals surface area (Å²) in [6, 6.07) is 4.32. The van der Waals surface area contributed by atoms with Crippen LogP contribution in [0.15, 0.2) is 18.2 Å². The van der Waals surface area contributed by atoms with Gasteiger partial charge in [-0.3, -0.25) is 0 Å². The fraction of sp³-hybridized carbons (Fsp3) is 0.231. The number of hydrogen-bond donors (Lipinski definition) is 1. The van der Waals surface area contributed by atoms with Crippen molar-refractivity contribution in [2.75, 3.05) is 19.5 Å². The lowest BCUT2D eigenvalue weighted by Gasteiger charge is -2.05. The number of rotatable bonds is 4. The Morgan fingerprint density at radius 3 is 2.85 bits per heavy atom. The molecule has 0 bridgehead atoms. The van der Waals surface area contributed by atoms with Crippen LogP contribution in [-0.4, -0.2) is 24.7 Å². The summed E-state index contributed by atoms with van der Waals surface area (Å²) in [4.78, 5) is 16.2. The van der Waals surface area contributed by atoms with Crippen molar-refractivity contribution in [2.24, 2.45) is 0 Å². The molecule has 2 N–H and O–H groups in total. The lowest BCUT2D eigenvalue weighted by Crippen LogP contribution is -2.04. The van der Waals surface area contributed by atoms with Crippen LogP contribution >= 0.6 is 11.3 Å². The summed E-state index contributed by atoms with van der Waals surface area (Å²) in [5, 5.41) is 0.222. The molecule has 0 amide bonds. The number of hydrogen-bond acceptors (Lipinski definition) is 6. The van der Waals surface area contributed by atoms with Crippen LogP contribution in [0, 0.1) is 5.82 Å². The molecule has 7 heteroatoms. The molecule has 1 heterocycles. The number of anilines is 1. The Hall–Kier alpha value is -2.15. The van der Waals surface area contributed by atoms with Gasteiger partial charge >= 0.3 is 5.97 Å². The van der Waals surface area contributed by atoms with Gasteiger partial charge in [-0.25, -0.2) is 14.2 Å². The molecule has 0 aliphatic heterocycles. The maximum absolute atomic E-state index is 13.7. The highest BCUT2D eigenvalue weighted by Gasteiger charge is 2.20. The Morgan fingerprint density at radius 1 is 1.50 bits per heavy atom. The van der Waals surface area contributed by atoms with Gasteiger partial charge in [0.05, 0.1) is 19.4 Å². The second-order valence-corrected chi connectivity index (χ2v) is 4.83. The number of esters is 1. The van der Waals surface area contributed by atoms with E-state index in [1.807, 2.05) is 0 Å². The van der Waals surface area contributed by atoms with Crippen molar-refractivity contribution in [3.63, 3.8) is 0 Å². The van der Waals surface area contributed by atoms with E-state index in [4.69, 9.17) is 15.2 Å². The monoisotopic (exact) mass is 296 g/mol. The van der Waals surface area contributed by atoms with Gasteiger partial charge in [-0.05, 0) is 25.1 Å². The molecule has 0 saturated carbocycles. The molecule has 1 aromatic carbocycles. The SMILES string of the molecule is CCOC(=O)c1sc(N)nc1-c1ccc(OC)c(F)c1. The lowest BCUT2D eigenvalue weighted by atomic mass is 10.1. The topological polar surface area (TPSA) is 74.4 Å². The van der Waals surface area contributed by atoms with Gasteiger partial charge in [-0.1, -0.05) is 11.3 Å². The van der Waals surface area contributed by atoms with Crippen LogP contribution in [0.3, 0.4) is 0 Å². The third-order valence-corrected chi connectivity index (χ3v) is 3.39. The molecule has 0 radical (unpaired) electrons. The van der Waals surface area contributed by atoms with E-state index in [9.17, 15) is 9.18 Å². The molecule has 0 aliphatic rings. The average molecular weight is 296 g/mol. The molecule has 0 fully saturated rings. The summed E-state index contributed by atoms with van der Waals surface area (Å²) >= 11 is 1.01. The molecule has 0 aliphatic carbocycles. The number of benzene rings is 1. The number of nitrogens with two attached hydrogens (primary N) is 1. The molecule has 20 heavy (non-hydrogen) atoms. The predicted octanol–water partition coefficient (Wildman–Crippen LogP) is 2.72. The zero-order valence-electron chi connectivity index (χ0n) is 11.0.